The molecule has 1 aliphatic carbocycles. The van der Waals surface area contributed by atoms with Gasteiger partial charge in [-0.1, -0.05) is 13.0 Å². The number of pyridine rings is 1. The first-order valence-corrected chi connectivity index (χ1v) is 13.7. The van der Waals surface area contributed by atoms with Crippen molar-refractivity contribution < 1.29 is 27.5 Å². The van der Waals surface area contributed by atoms with Gasteiger partial charge in [0.15, 0.2) is 11.5 Å². The average molecular weight is 530 g/mol. The van der Waals surface area contributed by atoms with Gasteiger partial charge in [0.25, 0.3) is 5.92 Å². The topological polar surface area (TPSA) is 77.2 Å². The van der Waals surface area contributed by atoms with Gasteiger partial charge in [-0.05, 0) is 51.2 Å². The summed E-state index contributed by atoms with van der Waals surface area (Å²) in [5.41, 5.74) is 2.55. The molecule has 0 N–H and O–H groups in total. The number of ether oxygens (including phenoxy) is 2. The van der Waals surface area contributed by atoms with Crippen LogP contribution in [0, 0.1) is 18.8 Å². The molecule has 7 nitrogen and oxygen atoms in total. The van der Waals surface area contributed by atoms with E-state index in [9.17, 15) is 4.79 Å². The average Bonchev–Trinajstić information content (AvgIpc) is 3.41. The smallest absolute Gasteiger partial charge is 0.275 e. The van der Waals surface area contributed by atoms with Crippen molar-refractivity contribution in [3.05, 3.63) is 52.2 Å². The molecule has 2 aromatic rings. The molecule has 38 heavy (non-hydrogen) atoms. The van der Waals surface area contributed by atoms with E-state index in [0.717, 1.165) is 31.2 Å². The molecule has 0 saturated carbocycles. The largest absolute Gasteiger partial charge is 0.457 e. The first-order chi connectivity index (χ1) is 18.1. The fraction of sp³-hybridized carbons (Fsp3) is 0.621. The number of aromatic nitrogens is 1. The van der Waals surface area contributed by atoms with E-state index in [0.29, 0.717) is 56.2 Å². The Morgan fingerprint density at radius 2 is 2.03 bits per heavy atom. The van der Waals surface area contributed by atoms with Crippen LogP contribution in [0.1, 0.15) is 78.9 Å². The Bertz CT molecular complexity index is 1200. The monoisotopic (exact) mass is 529 g/mol. The van der Waals surface area contributed by atoms with Gasteiger partial charge in [0, 0.05) is 42.6 Å². The molecule has 5 rings (SSSR count). The Labute approximate surface area is 222 Å². The van der Waals surface area contributed by atoms with E-state index < -0.39 is 5.92 Å². The highest BCUT2D eigenvalue weighted by atomic mass is 19.3. The van der Waals surface area contributed by atoms with Gasteiger partial charge in [0.2, 0.25) is 0 Å². The van der Waals surface area contributed by atoms with Crippen LogP contribution in [0.25, 0.3) is 0 Å². The van der Waals surface area contributed by atoms with Gasteiger partial charge in [-0.3, -0.25) is 14.8 Å². The number of unbranched alkanes of at least 4 members (excludes halogenated alkanes) is 1. The van der Waals surface area contributed by atoms with E-state index in [1.165, 1.54) is 0 Å². The van der Waals surface area contributed by atoms with Crippen molar-refractivity contribution in [3.8, 4) is 0 Å². The molecule has 1 saturated heterocycles. The summed E-state index contributed by atoms with van der Waals surface area (Å²) in [5.74, 6) is -3.27. The van der Waals surface area contributed by atoms with Gasteiger partial charge >= 0.3 is 0 Å². The van der Waals surface area contributed by atoms with Crippen molar-refractivity contribution in [1.29, 1.82) is 0 Å². The summed E-state index contributed by atoms with van der Waals surface area (Å²) >= 11 is 0. The van der Waals surface area contributed by atoms with Crippen molar-refractivity contribution in [2.45, 2.75) is 77.9 Å². The number of carbonyl (C=O) groups excluding carboxylic acids is 1. The second kappa shape index (κ2) is 10.8. The minimum Gasteiger partial charge on any atom is -0.457 e. The number of alkyl halides is 2. The maximum Gasteiger partial charge on any atom is 0.275 e. The lowest BCUT2D eigenvalue weighted by atomic mass is 9.74. The maximum absolute atomic E-state index is 15.1. The minimum absolute atomic E-state index is 0.0151. The number of aryl methyl sites for hydroxylation is 2. The van der Waals surface area contributed by atoms with E-state index in [2.05, 4.69) is 18.8 Å². The number of rotatable bonds is 9. The second-order valence-corrected chi connectivity index (χ2v) is 11.0. The van der Waals surface area contributed by atoms with Gasteiger partial charge in [0.05, 0.1) is 43.7 Å². The Kier molecular flexibility index (Phi) is 7.69. The van der Waals surface area contributed by atoms with Crippen LogP contribution in [0.4, 0.5) is 8.78 Å². The second-order valence-electron chi connectivity index (χ2n) is 11.0. The van der Waals surface area contributed by atoms with Gasteiger partial charge in [-0.25, -0.2) is 8.78 Å². The van der Waals surface area contributed by atoms with Crippen molar-refractivity contribution in [2.75, 3.05) is 26.4 Å². The van der Waals surface area contributed by atoms with Crippen molar-refractivity contribution >= 4 is 11.5 Å². The van der Waals surface area contributed by atoms with Crippen LogP contribution >= 0.6 is 0 Å². The number of hydrogen-bond donors (Lipinski definition) is 0. The Balaban J connectivity index is 1.37. The number of nitrogens with zero attached hydrogens (tertiary/aromatic N) is 3. The molecule has 9 heteroatoms. The normalized spacial score (nSPS) is 25.2. The number of hydrazone groups is 1. The van der Waals surface area contributed by atoms with Gasteiger partial charge < -0.3 is 13.9 Å². The number of ketones is 1. The number of carbonyl (C=O) groups is 1. The molecule has 1 fully saturated rings. The molecule has 0 aromatic carbocycles. The molecule has 0 bridgehead atoms. The first-order valence-electron chi connectivity index (χ1n) is 13.7. The van der Waals surface area contributed by atoms with E-state index in [1.54, 1.807) is 0 Å². The lowest BCUT2D eigenvalue weighted by Crippen LogP contribution is -2.43. The molecule has 2 aliphatic heterocycles. The zero-order valence-corrected chi connectivity index (χ0v) is 22.6. The lowest BCUT2D eigenvalue weighted by molar-refractivity contribution is -0.100. The highest BCUT2D eigenvalue weighted by molar-refractivity contribution is 6.09. The third-order valence-electron chi connectivity index (χ3n) is 7.90. The molecule has 0 spiro atoms. The van der Waals surface area contributed by atoms with E-state index >= 15 is 8.78 Å². The summed E-state index contributed by atoms with van der Waals surface area (Å²) in [6.45, 7) is 9.08. The third-order valence-corrected chi connectivity index (χ3v) is 7.90. The molecule has 4 atom stereocenters. The number of furan rings is 1. The van der Waals surface area contributed by atoms with Gasteiger partial charge in [-0.2, -0.15) is 5.10 Å². The van der Waals surface area contributed by atoms with Crippen molar-refractivity contribution in [1.82, 2.24) is 9.99 Å². The van der Waals surface area contributed by atoms with Crippen molar-refractivity contribution in [3.63, 3.8) is 0 Å². The fourth-order valence-electron chi connectivity index (χ4n) is 6.10. The molecule has 2 aromatic heterocycles. The SMILES string of the molecule is Cc1cccc(CCCCC(=O)c2oc3c(c2C(C)(F)F)C2=NN(C[C@H]4COCCO4)C(C)C2[C@H](C)C3)n1. The van der Waals surface area contributed by atoms with Gasteiger partial charge in [-0.15, -0.1) is 0 Å². The molecular weight excluding hydrogens is 492 g/mol. The molecule has 4 heterocycles. The summed E-state index contributed by atoms with van der Waals surface area (Å²) in [7, 11) is 0. The van der Waals surface area contributed by atoms with Crippen molar-refractivity contribution in [2.24, 2.45) is 16.9 Å². The Hall–Kier alpha value is -2.65. The summed E-state index contributed by atoms with van der Waals surface area (Å²) in [4.78, 5) is 17.7. The van der Waals surface area contributed by atoms with Crippen LogP contribution in [0.3, 0.4) is 0 Å². The summed E-state index contributed by atoms with van der Waals surface area (Å²) in [6.07, 6.45) is 2.58. The van der Waals surface area contributed by atoms with Crippen LogP contribution < -0.4 is 0 Å². The van der Waals surface area contributed by atoms with Crippen LogP contribution in [-0.2, 0) is 28.2 Å². The van der Waals surface area contributed by atoms with E-state index in [-0.39, 0.29) is 47.5 Å². The van der Waals surface area contributed by atoms with Crippen LogP contribution in [-0.4, -0.2) is 60.0 Å². The van der Waals surface area contributed by atoms with Crippen LogP contribution in [0.2, 0.25) is 0 Å². The van der Waals surface area contributed by atoms with Gasteiger partial charge in [0.1, 0.15) is 11.9 Å². The molecule has 206 valence electrons. The highest BCUT2D eigenvalue weighted by Crippen LogP contribution is 2.46. The lowest BCUT2D eigenvalue weighted by Gasteiger charge is -2.33. The molecule has 3 aliphatic rings. The molecule has 0 amide bonds. The summed E-state index contributed by atoms with van der Waals surface area (Å²) in [6, 6.07) is 5.88. The fourth-order valence-corrected chi connectivity index (χ4v) is 6.10. The number of fused-ring (bicyclic) bond motifs is 3. The van der Waals surface area contributed by atoms with Crippen LogP contribution in [0.5, 0.6) is 0 Å². The quantitative estimate of drug-likeness (QED) is 0.323. The molecule has 2 unspecified atom stereocenters. The van der Waals surface area contributed by atoms with Crippen LogP contribution in [0.15, 0.2) is 27.7 Å². The van der Waals surface area contributed by atoms with E-state index in [1.807, 2.05) is 30.1 Å². The Morgan fingerprint density at radius 3 is 2.74 bits per heavy atom. The Morgan fingerprint density at radius 1 is 1.21 bits per heavy atom. The maximum atomic E-state index is 15.1. The summed E-state index contributed by atoms with van der Waals surface area (Å²) < 4.78 is 47.6. The standard InChI is InChI=1S/C29H37F2N3O4/c1-17-14-23-25(27-24(17)19(3)34(33-27)15-21-16-36-12-13-37-21)26(29(4,30)31)28(38-23)22(35)11-6-5-9-20-10-7-8-18(2)32-20/h7-8,10,17,19,21,24H,5-6,9,11-16H2,1-4H3/t17-,19?,21+,24?/m1/s1. The zero-order valence-electron chi connectivity index (χ0n) is 22.6. The van der Waals surface area contributed by atoms with E-state index in [4.69, 9.17) is 19.0 Å². The predicted molar refractivity (Wildman–Crippen MR) is 139 cm³/mol. The number of hydrogen-bond acceptors (Lipinski definition) is 7. The number of halogens is 2. The summed E-state index contributed by atoms with van der Waals surface area (Å²) in [5, 5.41) is 6.78. The molecule has 0 radical (unpaired) electrons. The first kappa shape index (κ1) is 26.9. The minimum atomic E-state index is -3.24. The predicted octanol–water partition coefficient (Wildman–Crippen LogP) is 5.32. The highest BCUT2D eigenvalue weighted by Gasteiger charge is 2.49. The number of Topliss-reactive ketones (excluding diaryl/α,β-unsaturated/α-hetero) is 1. The molecular formula is C29H37F2N3O4. The zero-order chi connectivity index (χ0) is 27.0. The third kappa shape index (κ3) is 5.41.